The van der Waals surface area contributed by atoms with Crippen LogP contribution in [-0.4, -0.2) is 275 Å². The molecular weight excluding hydrogens is 1550 g/mol. The number of piperidine rings is 2. The summed E-state index contributed by atoms with van der Waals surface area (Å²) in [5.41, 5.74) is -1.01. The molecule has 0 spiro atoms. The number of esters is 2. The predicted octanol–water partition coefficient (Wildman–Crippen LogP) is 2.43. The zero-order chi connectivity index (χ0) is 87.1. The molecule has 2 aromatic carbocycles. The molecule has 8 saturated heterocycles. The Kier molecular flexibility index (Phi) is 32.4. The zero-order valence-electron chi connectivity index (χ0n) is 68.2. The maximum absolute atomic E-state index is 14.6. The summed E-state index contributed by atoms with van der Waals surface area (Å²) < 4.78 is 73.8. The van der Waals surface area contributed by atoms with Crippen molar-refractivity contribution in [2.75, 3.05) is 39.3 Å². The lowest BCUT2D eigenvalue weighted by molar-refractivity contribution is -0.163. The second-order valence-electron chi connectivity index (χ2n) is 32.5. The van der Waals surface area contributed by atoms with E-state index in [2.05, 4.69) is 31.9 Å². The minimum atomic E-state index is -1.74. The van der Waals surface area contributed by atoms with Crippen LogP contribution in [0.1, 0.15) is 164 Å². The van der Waals surface area contributed by atoms with Crippen molar-refractivity contribution in [2.24, 2.45) is 11.8 Å². The van der Waals surface area contributed by atoms with Gasteiger partial charge in [-0.2, -0.15) is 0 Å². The molecule has 0 radical (unpaired) electrons. The first-order valence-corrected chi connectivity index (χ1v) is 40.1. The number of fused-ring (bicyclic) bond motifs is 6. The highest BCUT2D eigenvalue weighted by atomic mass is 19.1. The summed E-state index contributed by atoms with van der Waals surface area (Å²) >= 11 is 0. The number of hydrogen-bond acceptors (Lipinski definition) is 20. The summed E-state index contributed by atoms with van der Waals surface area (Å²) in [5.74, 6) is -14.6. The van der Waals surface area contributed by atoms with Gasteiger partial charge in [0.1, 0.15) is 114 Å². The topological polar surface area (TPSA) is 436 Å². The molecular formula is C81H110F4N12O21. The van der Waals surface area contributed by atoms with E-state index < -0.39 is 228 Å². The van der Waals surface area contributed by atoms with Gasteiger partial charge in [-0.05, 0) is 166 Å². The number of aliphatic carboxylic acids is 1. The van der Waals surface area contributed by atoms with Gasteiger partial charge in [0.15, 0.2) is 0 Å². The quantitative estimate of drug-likeness (QED) is 0.0567. The van der Waals surface area contributed by atoms with Crippen LogP contribution in [0.4, 0.5) is 22.4 Å². The number of cyclic esters (lactones) is 2. The first-order valence-electron chi connectivity index (χ1n) is 40.1. The smallest absolute Gasteiger partial charge is 0.408 e. The van der Waals surface area contributed by atoms with Crippen LogP contribution >= 0.6 is 0 Å². The lowest BCUT2D eigenvalue weighted by Gasteiger charge is -2.39. The molecule has 8 aliphatic rings. The fraction of sp³-hybridized carbons (Fsp3) is 0.617. The van der Waals surface area contributed by atoms with E-state index in [1.54, 1.807) is 33.8 Å². The van der Waals surface area contributed by atoms with E-state index in [-0.39, 0.29) is 94.3 Å². The van der Waals surface area contributed by atoms with Crippen LogP contribution in [0.5, 0.6) is 0 Å². The van der Waals surface area contributed by atoms with Gasteiger partial charge in [0.05, 0.1) is 12.2 Å². The molecule has 9 N–H and O–H groups in total. The van der Waals surface area contributed by atoms with E-state index in [0.717, 1.165) is 46.6 Å². The molecule has 18 atom stereocenters. The summed E-state index contributed by atoms with van der Waals surface area (Å²) in [5, 5.41) is 45.0. The van der Waals surface area contributed by atoms with Gasteiger partial charge in [0.25, 0.3) is 0 Å². The molecule has 8 fully saturated rings. The van der Waals surface area contributed by atoms with Crippen LogP contribution in [0.15, 0.2) is 60.7 Å². The lowest BCUT2D eigenvalue weighted by Crippen LogP contribution is -2.63. The number of nitrogens with one attached hydrogen (secondary N) is 6. The second kappa shape index (κ2) is 41.2. The second-order valence-corrected chi connectivity index (χ2v) is 32.5. The average Bonchev–Trinajstić information content (AvgIpc) is 1.58. The van der Waals surface area contributed by atoms with Crippen LogP contribution in [-0.2, 0) is 94.2 Å². The third kappa shape index (κ3) is 24.5. The van der Waals surface area contributed by atoms with E-state index in [1.165, 1.54) is 59.4 Å². The van der Waals surface area contributed by atoms with Crippen molar-refractivity contribution < 1.29 is 119 Å². The Balaban J connectivity index is 0.000000272. The molecule has 0 bridgehead atoms. The first-order chi connectivity index (χ1) is 55.6. The van der Waals surface area contributed by atoms with Gasteiger partial charge in [0.2, 0.25) is 65.0 Å². The number of nitrogens with zero attached hydrogens (tertiary/aromatic N) is 6. The number of amides is 12. The molecule has 648 valence electrons. The molecule has 0 saturated carbocycles. The van der Waals surface area contributed by atoms with Gasteiger partial charge in [-0.25, -0.2) is 36.7 Å². The number of ether oxygens (including phenoxy) is 3. The molecule has 0 unspecified atom stereocenters. The molecule has 10 rings (SSSR count). The number of carboxylic acid groups (broad SMARTS) is 1. The Morgan fingerprint density at radius 3 is 1.24 bits per heavy atom. The van der Waals surface area contributed by atoms with Crippen LogP contribution in [0, 0.1) is 35.1 Å². The summed E-state index contributed by atoms with van der Waals surface area (Å²) in [6, 6.07) is -10.1. The Hall–Kier alpha value is -10.6. The minimum Gasteiger partial charge on any atom is -0.478 e. The maximum atomic E-state index is 14.6. The van der Waals surface area contributed by atoms with E-state index in [0.29, 0.717) is 50.7 Å². The number of alkyl carbamates (subject to hydrolysis) is 1. The van der Waals surface area contributed by atoms with Crippen LogP contribution < -0.4 is 31.9 Å². The lowest BCUT2D eigenvalue weighted by atomic mass is 9.98. The van der Waals surface area contributed by atoms with E-state index in [9.17, 15) is 99.7 Å². The number of hydrogen-bond donors (Lipinski definition) is 9. The molecule has 2 aromatic rings. The molecule has 8 aliphatic heterocycles. The van der Waals surface area contributed by atoms with Gasteiger partial charge in [-0.3, -0.25) is 52.7 Å². The van der Waals surface area contributed by atoms with Gasteiger partial charge in [-0.1, -0.05) is 39.8 Å². The number of rotatable bonds is 14. The monoisotopic (exact) mass is 1660 g/mol. The fourth-order valence-electron chi connectivity index (χ4n) is 15.9. The average molecular weight is 1660 g/mol. The van der Waals surface area contributed by atoms with Gasteiger partial charge in [-0.15, -0.1) is 0 Å². The number of carbonyl (C=O) groups is 15. The predicted molar refractivity (Wildman–Crippen MR) is 411 cm³/mol. The van der Waals surface area contributed by atoms with E-state index >= 15 is 0 Å². The first kappa shape index (κ1) is 92.9. The Bertz CT molecular complexity index is 4110. The zero-order valence-corrected chi connectivity index (χ0v) is 68.2. The van der Waals surface area contributed by atoms with Crippen molar-refractivity contribution in [2.45, 2.75) is 269 Å². The molecule has 8 heterocycles. The number of aliphatic hydroxyl groups excluding tert-OH is 2. The van der Waals surface area contributed by atoms with Crippen LogP contribution in [0.3, 0.4) is 0 Å². The summed E-state index contributed by atoms with van der Waals surface area (Å²) in [6.07, 6.45) is 2.60. The van der Waals surface area contributed by atoms with Gasteiger partial charge >= 0.3 is 24.0 Å². The summed E-state index contributed by atoms with van der Waals surface area (Å²) in [6.45, 7) is 17.8. The largest absolute Gasteiger partial charge is 0.478 e. The fourth-order valence-corrected chi connectivity index (χ4v) is 15.9. The Morgan fingerprint density at radius 2 is 0.873 bits per heavy atom. The van der Waals surface area contributed by atoms with Gasteiger partial charge in [0, 0.05) is 83.2 Å². The molecule has 37 heteroatoms. The SMILES string of the molecule is CC/C=C/C(=O)N[C@@H](Cc1cc(F)cc(F)c1)C(=O)N[C@@H]1C(=O)N2C[C@H](O)C[C@H]2C(=O)N2CCCC[C@H]2C(=O)N[C@@H](C)C(=O)N2C[C@H](C)C[C@H]2C(=O)O[C@H]1C.CC/C=C/C(=O)O.C[C@@H]1C[C@H]2C(=O)O[C@@H](C)[C@H](NC(=O)[C@H](Cc3cc(F)cc(F)c3)NC(=O)OC(C)(C)C)C(=O)N3C[C@H](O)C[C@H]3C(=O)N3CCCC[C@H]3C(=O)N[C@@H](C)C(=O)N2C1. The molecule has 33 nitrogen and oxygen atoms in total. The number of carboxylic acids is 1. The molecule has 118 heavy (non-hydrogen) atoms. The molecule has 0 aromatic heterocycles. The summed E-state index contributed by atoms with van der Waals surface area (Å²) in [7, 11) is 0. The number of halogens is 4. The number of carbonyl (C=O) groups excluding carboxylic acids is 14. The number of aliphatic hydroxyl groups is 2. The van der Waals surface area contributed by atoms with Gasteiger partial charge < -0.3 is 90.8 Å². The number of benzene rings is 2. The van der Waals surface area contributed by atoms with E-state index in [1.807, 2.05) is 20.8 Å². The third-order valence-corrected chi connectivity index (χ3v) is 21.5. The van der Waals surface area contributed by atoms with Crippen molar-refractivity contribution >= 4 is 89.0 Å². The normalized spacial score (nSPS) is 28.7. The summed E-state index contributed by atoms with van der Waals surface area (Å²) in [4.78, 5) is 211. The third-order valence-electron chi connectivity index (χ3n) is 21.5. The van der Waals surface area contributed by atoms with Crippen LogP contribution in [0.2, 0.25) is 0 Å². The van der Waals surface area contributed by atoms with Crippen molar-refractivity contribution in [1.29, 1.82) is 0 Å². The Labute approximate surface area is 681 Å². The van der Waals surface area contributed by atoms with Crippen LogP contribution in [0.25, 0.3) is 0 Å². The molecule has 12 amide bonds. The van der Waals surface area contributed by atoms with E-state index in [4.69, 9.17) is 19.3 Å². The highest BCUT2D eigenvalue weighted by molar-refractivity contribution is 6.01. The standard InChI is InChI=1S/C38H52F2N6O10.C38H50F2N6O9.C5H8O2/c1-19-11-29-36(53)55-21(3)30(43-31(48)26(42-37(54)56-38(4,5)6)14-22-12-23(39)15-24(40)13-22)35(52)46-18-25(47)16-28(46)34(51)44-10-8-7-9-27(44)32(49)41-20(2)33(50)45(29)17-19;1-5-6-10-31(48)42-27(15-23-13-24(39)16-25(40)14-23)33(49)43-32-22(4)55-38(54)30-12-20(2)18-45(30)35(51)21(3)41-34(50)28-9-7-8-11-44(28)36(52)29-17-26(47)19-46(29)37(32)53;1-2-3-4-5(6)7/h12-13,15,19-21,25-30,47H,7-11,14,16-18H2,1-6H3,(H,41,49)(H,42,54)(H,43,48);6,10,13-14,16,20-22,26-30,32,47H,5,7-9,11-12,15,17-19H2,1-4H3,(H,41,50)(H,42,48)(H,43,49);3-4H,2H2,1H3,(H,6,7)/b;10-6+;4-3+/t19-,20+,21+,25-,26+,27+,28+,29+,30+;20-,21+,22+,26-,27+,28+,29+,30+,32+;/m11./s1. The van der Waals surface area contributed by atoms with Crippen molar-refractivity contribution in [3.8, 4) is 0 Å². The Morgan fingerprint density at radius 1 is 0.500 bits per heavy atom. The molecule has 0 aliphatic carbocycles. The maximum Gasteiger partial charge on any atom is 0.408 e. The van der Waals surface area contributed by atoms with Crippen molar-refractivity contribution in [3.63, 3.8) is 0 Å². The highest BCUT2D eigenvalue weighted by Crippen LogP contribution is 2.33. The number of allylic oxidation sites excluding steroid dienone is 2. The highest BCUT2D eigenvalue weighted by Gasteiger charge is 2.52. The van der Waals surface area contributed by atoms with Crippen molar-refractivity contribution in [1.82, 2.24) is 61.3 Å². The van der Waals surface area contributed by atoms with Crippen molar-refractivity contribution in [3.05, 3.63) is 95.1 Å². The minimum absolute atomic E-state index is 0.0176.